The van der Waals surface area contributed by atoms with E-state index in [9.17, 15) is 9.59 Å². The third kappa shape index (κ3) is 5.53. The summed E-state index contributed by atoms with van der Waals surface area (Å²) in [5, 5.41) is 22.9. The van der Waals surface area contributed by atoms with Crippen molar-refractivity contribution in [3.05, 3.63) is 68.3 Å². The van der Waals surface area contributed by atoms with Crippen molar-refractivity contribution in [2.24, 2.45) is 7.05 Å². The molecule has 0 aliphatic carbocycles. The predicted molar refractivity (Wildman–Crippen MR) is 120 cm³/mol. The van der Waals surface area contributed by atoms with E-state index in [-0.39, 0.29) is 19.1 Å². The molecule has 1 aromatic heterocycles. The van der Waals surface area contributed by atoms with Crippen LogP contribution in [0.1, 0.15) is 27.7 Å². The number of carboxylic acids is 1. The van der Waals surface area contributed by atoms with Gasteiger partial charge in [-0.3, -0.25) is 9.59 Å². The molecule has 0 amide bonds. The van der Waals surface area contributed by atoms with E-state index in [1.807, 2.05) is 13.1 Å². The number of benzene rings is 2. The number of carbonyl (C=O) groups is 2. The van der Waals surface area contributed by atoms with Crippen LogP contribution in [0.5, 0.6) is 0 Å². The van der Waals surface area contributed by atoms with Crippen LogP contribution in [0.4, 0.5) is 0 Å². The van der Waals surface area contributed by atoms with Crippen LogP contribution in [0.2, 0.25) is 15.1 Å². The average Bonchev–Trinajstić information content (AvgIpc) is 3.03. The zero-order chi connectivity index (χ0) is 22.4. The van der Waals surface area contributed by atoms with E-state index in [0.29, 0.717) is 26.3 Å². The molecule has 3 rings (SSSR count). The topological polar surface area (TPSA) is 91.6 Å². The number of aliphatic carboxylic acids is 1. The van der Waals surface area contributed by atoms with Crippen LogP contribution in [-0.4, -0.2) is 40.7 Å². The number of carboxylic acid groups (broad SMARTS) is 1. The number of likely N-dealkylation sites (N-methyl/N-ethyl adjacent to an activating group) is 1. The summed E-state index contributed by atoms with van der Waals surface area (Å²) in [4.78, 5) is 21.2. The minimum Gasteiger partial charge on any atom is -0.481 e. The van der Waals surface area contributed by atoms with E-state index in [0.717, 1.165) is 22.8 Å². The normalized spacial score (nSPS) is 11.7. The third-order valence-electron chi connectivity index (χ3n) is 4.60. The van der Waals surface area contributed by atoms with Gasteiger partial charge >= 0.3 is 5.97 Å². The van der Waals surface area contributed by atoms with E-state index in [1.54, 1.807) is 41.9 Å². The number of hydrogen-bond acceptors (Lipinski definition) is 4. The smallest absolute Gasteiger partial charge is 0.307 e. The molecule has 1 unspecified atom stereocenters. The molecule has 0 bridgehead atoms. The van der Waals surface area contributed by atoms with Crippen molar-refractivity contribution >= 4 is 58.0 Å². The molecule has 0 spiro atoms. The van der Waals surface area contributed by atoms with Crippen molar-refractivity contribution in [2.45, 2.75) is 12.5 Å². The monoisotopic (exact) mass is 470 g/mol. The van der Waals surface area contributed by atoms with Gasteiger partial charge in [0.25, 0.3) is 0 Å². The standard InChI is InChI=1S/C11H14ClNO3.C10H7Cl2NO/c1-13-10(6-14)8-3-2-7(4-9(8)12)5-11(15)16;1-13-6(5-14)4-7-9(13)3-2-8(11)10(7)12/h2-4,10,13-14H,5-6H2,1H3,(H,15,16);2-5H,1H3. The molecule has 0 aliphatic heterocycles. The Morgan fingerprint density at radius 2 is 1.87 bits per heavy atom. The van der Waals surface area contributed by atoms with E-state index >= 15 is 0 Å². The first-order valence-corrected chi connectivity index (χ1v) is 10.0. The lowest BCUT2D eigenvalue weighted by atomic mass is 10.0. The van der Waals surface area contributed by atoms with Gasteiger partial charge in [0.2, 0.25) is 0 Å². The molecule has 2 aromatic carbocycles. The van der Waals surface area contributed by atoms with E-state index in [4.69, 9.17) is 45.0 Å². The van der Waals surface area contributed by atoms with E-state index in [2.05, 4.69) is 5.32 Å². The zero-order valence-electron chi connectivity index (χ0n) is 16.3. The number of halogens is 3. The number of aromatic nitrogens is 1. The largest absolute Gasteiger partial charge is 0.481 e. The van der Waals surface area contributed by atoms with Gasteiger partial charge < -0.3 is 20.1 Å². The van der Waals surface area contributed by atoms with Crippen LogP contribution in [0.25, 0.3) is 10.9 Å². The van der Waals surface area contributed by atoms with Crippen LogP contribution in [0, 0.1) is 0 Å². The number of nitrogens with zero attached hydrogens (tertiary/aromatic N) is 1. The molecule has 9 heteroatoms. The number of aliphatic hydroxyl groups is 1. The first kappa shape index (κ1) is 24.2. The highest BCUT2D eigenvalue weighted by Gasteiger charge is 2.13. The number of aliphatic hydroxyl groups excluding tert-OH is 1. The first-order chi connectivity index (χ1) is 14.2. The Balaban J connectivity index is 0.000000215. The Hall–Kier alpha value is -2.09. The van der Waals surface area contributed by atoms with Gasteiger partial charge in [-0.2, -0.15) is 0 Å². The summed E-state index contributed by atoms with van der Waals surface area (Å²) in [6.45, 7) is -0.0610. The number of carbonyl (C=O) groups excluding carboxylic acids is 1. The van der Waals surface area contributed by atoms with Gasteiger partial charge in [0.15, 0.2) is 6.29 Å². The van der Waals surface area contributed by atoms with Crippen LogP contribution in [0.15, 0.2) is 36.4 Å². The van der Waals surface area contributed by atoms with Crippen molar-refractivity contribution in [1.82, 2.24) is 9.88 Å². The molecule has 0 fully saturated rings. The summed E-state index contributed by atoms with van der Waals surface area (Å²) in [7, 11) is 3.54. The fourth-order valence-electron chi connectivity index (χ4n) is 2.97. The van der Waals surface area contributed by atoms with Crippen LogP contribution < -0.4 is 5.32 Å². The molecule has 0 aliphatic rings. The molecule has 3 aromatic rings. The van der Waals surface area contributed by atoms with Gasteiger partial charge in [0, 0.05) is 23.0 Å². The maximum Gasteiger partial charge on any atom is 0.307 e. The highest BCUT2D eigenvalue weighted by Crippen LogP contribution is 2.32. The second-order valence-electron chi connectivity index (χ2n) is 6.49. The molecular weight excluding hydrogens is 451 g/mol. The minimum absolute atomic E-state index is 0.0522. The zero-order valence-corrected chi connectivity index (χ0v) is 18.6. The lowest BCUT2D eigenvalue weighted by molar-refractivity contribution is -0.136. The predicted octanol–water partition coefficient (Wildman–Crippen LogP) is 4.52. The van der Waals surface area contributed by atoms with Crippen molar-refractivity contribution in [3.63, 3.8) is 0 Å². The fraction of sp³-hybridized carbons (Fsp3) is 0.238. The van der Waals surface area contributed by atoms with Crippen LogP contribution >= 0.6 is 34.8 Å². The van der Waals surface area contributed by atoms with Crippen molar-refractivity contribution in [2.75, 3.05) is 13.7 Å². The summed E-state index contributed by atoms with van der Waals surface area (Å²) in [6, 6.07) is 10.1. The van der Waals surface area contributed by atoms with Gasteiger partial charge in [-0.1, -0.05) is 46.9 Å². The Bertz CT molecular complexity index is 1060. The minimum atomic E-state index is -0.892. The van der Waals surface area contributed by atoms with Crippen molar-refractivity contribution in [1.29, 1.82) is 0 Å². The molecule has 30 heavy (non-hydrogen) atoms. The summed E-state index contributed by atoms with van der Waals surface area (Å²) in [5.74, 6) is -0.892. The van der Waals surface area contributed by atoms with Gasteiger partial charge in [0.1, 0.15) is 0 Å². The first-order valence-electron chi connectivity index (χ1n) is 8.90. The second-order valence-corrected chi connectivity index (χ2v) is 7.68. The van der Waals surface area contributed by atoms with Crippen molar-refractivity contribution in [3.8, 4) is 0 Å². The maximum absolute atomic E-state index is 10.7. The highest BCUT2D eigenvalue weighted by molar-refractivity contribution is 6.45. The van der Waals surface area contributed by atoms with Gasteiger partial charge in [-0.25, -0.2) is 0 Å². The molecular formula is C21H21Cl3N2O4. The Kier molecular flexibility index (Phi) is 8.70. The summed E-state index contributed by atoms with van der Waals surface area (Å²) in [6.07, 6.45) is 0.744. The number of fused-ring (bicyclic) bond motifs is 1. The summed E-state index contributed by atoms with van der Waals surface area (Å²) >= 11 is 17.9. The molecule has 6 nitrogen and oxygen atoms in total. The molecule has 1 atom stereocenters. The third-order valence-corrected chi connectivity index (χ3v) is 5.74. The molecule has 1 heterocycles. The fourth-order valence-corrected chi connectivity index (χ4v) is 3.68. The second kappa shape index (κ2) is 10.8. The number of aryl methyl sites for hydroxylation is 1. The lowest BCUT2D eigenvalue weighted by Crippen LogP contribution is -2.20. The van der Waals surface area contributed by atoms with E-state index in [1.165, 1.54) is 0 Å². The number of aldehydes is 1. The highest BCUT2D eigenvalue weighted by atomic mass is 35.5. The van der Waals surface area contributed by atoms with Gasteiger partial charge in [-0.05, 0) is 42.4 Å². The Labute approximate surface area is 189 Å². The molecule has 0 saturated carbocycles. The van der Waals surface area contributed by atoms with Crippen LogP contribution in [-0.2, 0) is 18.3 Å². The molecule has 160 valence electrons. The SMILES string of the molecule is CNC(CO)c1ccc(CC(=O)O)cc1Cl.Cn1c(C=O)cc2c(Cl)c(Cl)ccc21. The maximum atomic E-state index is 10.7. The summed E-state index contributed by atoms with van der Waals surface area (Å²) in [5.41, 5.74) is 2.90. The van der Waals surface area contributed by atoms with Gasteiger partial charge in [-0.15, -0.1) is 0 Å². The number of hydrogen-bond donors (Lipinski definition) is 3. The average molecular weight is 472 g/mol. The number of nitrogens with one attached hydrogen (secondary N) is 1. The van der Waals surface area contributed by atoms with Gasteiger partial charge in [0.05, 0.1) is 34.8 Å². The molecule has 0 saturated heterocycles. The molecule has 3 N–H and O–H groups in total. The van der Waals surface area contributed by atoms with Crippen LogP contribution in [0.3, 0.4) is 0 Å². The summed E-state index contributed by atoms with van der Waals surface area (Å²) < 4.78 is 1.78. The Morgan fingerprint density at radius 1 is 1.17 bits per heavy atom. The number of rotatable bonds is 6. The lowest BCUT2D eigenvalue weighted by Gasteiger charge is -2.15. The molecule has 0 radical (unpaired) electrons. The Morgan fingerprint density at radius 3 is 2.40 bits per heavy atom. The quantitative estimate of drug-likeness (QED) is 0.460. The van der Waals surface area contributed by atoms with Crippen molar-refractivity contribution < 1.29 is 19.8 Å². The van der Waals surface area contributed by atoms with E-state index < -0.39 is 5.97 Å².